The van der Waals surface area contributed by atoms with Crippen LogP contribution in [0.5, 0.6) is 17.2 Å². The van der Waals surface area contributed by atoms with E-state index in [1.807, 2.05) is 0 Å². The number of rotatable bonds is 9. The molecule has 1 N–H and O–H groups in total. The van der Waals surface area contributed by atoms with E-state index in [0.717, 1.165) is 0 Å². The third-order valence-electron chi connectivity index (χ3n) is 3.41. The number of amides is 1. The van der Waals surface area contributed by atoms with Crippen molar-refractivity contribution in [3.05, 3.63) is 48.0 Å². The van der Waals surface area contributed by atoms with Crippen molar-refractivity contribution in [1.82, 2.24) is 0 Å². The summed E-state index contributed by atoms with van der Waals surface area (Å²) < 4.78 is 20.3. The van der Waals surface area contributed by atoms with Crippen molar-refractivity contribution in [2.45, 2.75) is 0 Å². The van der Waals surface area contributed by atoms with Crippen LogP contribution >= 0.6 is 0 Å². The summed E-state index contributed by atoms with van der Waals surface area (Å²) in [6, 6.07) is 11.2. The summed E-state index contributed by atoms with van der Waals surface area (Å²) in [5.74, 6) is 0.0448. The number of methoxy groups -OCH3 is 2. The molecule has 1 amide bonds. The van der Waals surface area contributed by atoms with E-state index >= 15 is 0 Å². The molecule has 2 aromatic carbocycles. The number of benzene rings is 2. The van der Waals surface area contributed by atoms with Gasteiger partial charge < -0.3 is 24.3 Å². The van der Waals surface area contributed by atoms with Crippen LogP contribution in [0.3, 0.4) is 0 Å². The molecule has 0 unspecified atom stereocenters. The second-order valence-electron chi connectivity index (χ2n) is 5.25. The van der Waals surface area contributed by atoms with Crippen molar-refractivity contribution in [3.8, 4) is 17.2 Å². The van der Waals surface area contributed by atoms with Crippen molar-refractivity contribution in [3.63, 3.8) is 0 Å². The second-order valence-corrected chi connectivity index (χ2v) is 5.25. The predicted molar refractivity (Wildman–Crippen MR) is 96.5 cm³/mol. The van der Waals surface area contributed by atoms with Gasteiger partial charge in [-0.05, 0) is 42.5 Å². The number of carbonyl (C=O) groups excluding carboxylic acids is 3. The molecule has 8 heteroatoms. The number of carbonyl (C=O) groups is 3. The fraction of sp³-hybridized carbons (Fsp3) is 0.211. The summed E-state index contributed by atoms with van der Waals surface area (Å²) in [4.78, 5) is 34.3. The summed E-state index contributed by atoms with van der Waals surface area (Å²) in [6.45, 7) is -0.859. The van der Waals surface area contributed by atoms with E-state index in [2.05, 4.69) is 5.32 Å². The Balaban J connectivity index is 1.78. The first-order valence-electron chi connectivity index (χ1n) is 7.91. The molecule has 0 aliphatic rings. The van der Waals surface area contributed by atoms with E-state index in [4.69, 9.17) is 18.9 Å². The number of hydrogen-bond donors (Lipinski definition) is 1. The minimum absolute atomic E-state index is 0.280. The zero-order chi connectivity index (χ0) is 19.6. The van der Waals surface area contributed by atoms with Crippen LogP contribution in [0.4, 0.5) is 5.69 Å². The molecule has 0 saturated carbocycles. The Morgan fingerprint density at radius 1 is 0.963 bits per heavy atom. The molecular weight excluding hydrogens is 354 g/mol. The van der Waals surface area contributed by atoms with Crippen LogP contribution in [-0.2, 0) is 14.3 Å². The Morgan fingerprint density at radius 2 is 1.70 bits per heavy atom. The monoisotopic (exact) mass is 373 g/mol. The van der Waals surface area contributed by atoms with Crippen LogP contribution in [0.25, 0.3) is 0 Å². The fourth-order valence-electron chi connectivity index (χ4n) is 2.07. The Morgan fingerprint density at radius 3 is 2.33 bits per heavy atom. The molecule has 0 saturated heterocycles. The van der Waals surface area contributed by atoms with Crippen molar-refractivity contribution in [2.24, 2.45) is 0 Å². The van der Waals surface area contributed by atoms with Crippen LogP contribution in [0, 0.1) is 0 Å². The van der Waals surface area contributed by atoms with E-state index in [0.29, 0.717) is 29.0 Å². The fourth-order valence-corrected chi connectivity index (χ4v) is 2.07. The number of ether oxygens (including phenoxy) is 4. The lowest BCUT2D eigenvalue weighted by Crippen LogP contribution is -2.23. The minimum Gasteiger partial charge on any atom is -0.497 e. The van der Waals surface area contributed by atoms with Crippen LogP contribution in [0.1, 0.15) is 10.4 Å². The quantitative estimate of drug-likeness (QED) is 0.530. The maximum Gasteiger partial charge on any atom is 0.344 e. The predicted octanol–water partition coefficient (Wildman–Crippen LogP) is 2.08. The highest BCUT2D eigenvalue weighted by Gasteiger charge is 2.11. The van der Waals surface area contributed by atoms with Crippen molar-refractivity contribution in [2.75, 3.05) is 32.8 Å². The number of nitrogens with one attached hydrogen (secondary N) is 1. The Labute approximate surface area is 156 Å². The lowest BCUT2D eigenvalue weighted by molar-refractivity contribution is -0.149. The lowest BCUT2D eigenvalue weighted by atomic mass is 10.2. The molecule has 0 aliphatic carbocycles. The normalized spacial score (nSPS) is 9.85. The number of anilines is 1. The van der Waals surface area contributed by atoms with Gasteiger partial charge in [-0.1, -0.05) is 0 Å². The Hall–Kier alpha value is -3.55. The van der Waals surface area contributed by atoms with Gasteiger partial charge in [-0.25, -0.2) is 4.79 Å². The van der Waals surface area contributed by atoms with Crippen LogP contribution < -0.4 is 19.5 Å². The smallest absolute Gasteiger partial charge is 0.344 e. The molecule has 2 aromatic rings. The van der Waals surface area contributed by atoms with Gasteiger partial charge in [0.05, 0.1) is 14.2 Å². The Kier molecular flexibility index (Phi) is 7.18. The van der Waals surface area contributed by atoms with Crippen molar-refractivity contribution in [1.29, 1.82) is 0 Å². The first kappa shape index (κ1) is 19.8. The van der Waals surface area contributed by atoms with E-state index in [1.54, 1.807) is 31.4 Å². The molecule has 0 aromatic heterocycles. The summed E-state index contributed by atoms with van der Waals surface area (Å²) in [7, 11) is 2.96. The first-order valence-corrected chi connectivity index (χ1v) is 7.91. The largest absolute Gasteiger partial charge is 0.497 e. The standard InChI is InChI=1S/C19H19NO7/c1-24-15-6-4-14(5-7-15)20-18(22)11-27-19(23)12-26-16-8-3-13(10-21)9-17(16)25-2/h3-10H,11-12H2,1-2H3,(H,20,22). The maximum absolute atomic E-state index is 11.8. The van der Waals surface area contributed by atoms with Gasteiger partial charge in [0, 0.05) is 11.3 Å². The van der Waals surface area contributed by atoms with Gasteiger partial charge in [-0.15, -0.1) is 0 Å². The zero-order valence-corrected chi connectivity index (χ0v) is 14.9. The SMILES string of the molecule is COc1ccc(NC(=O)COC(=O)COc2ccc(C=O)cc2OC)cc1. The molecule has 8 nitrogen and oxygen atoms in total. The molecular formula is C19H19NO7. The maximum atomic E-state index is 11.8. The third kappa shape index (κ3) is 6.03. The second kappa shape index (κ2) is 9.81. The summed E-state index contributed by atoms with van der Waals surface area (Å²) >= 11 is 0. The highest BCUT2D eigenvalue weighted by atomic mass is 16.6. The summed E-state index contributed by atoms with van der Waals surface area (Å²) in [5, 5.41) is 2.59. The van der Waals surface area contributed by atoms with Crippen LogP contribution in [0.15, 0.2) is 42.5 Å². The summed E-state index contributed by atoms with van der Waals surface area (Å²) in [6.07, 6.45) is 0.669. The van der Waals surface area contributed by atoms with Crippen molar-refractivity contribution < 1.29 is 33.3 Å². The zero-order valence-electron chi connectivity index (χ0n) is 14.9. The molecule has 0 spiro atoms. The average Bonchev–Trinajstić information content (AvgIpc) is 2.71. The number of hydrogen-bond acceptors (Lipinski definition) is 7. The van der Waals surface area contributed by atoms with Gasteiger partial charge in [-0.3, -0.25) is 9.59 Å². The number of aldehydes is 1. The highest BCUT2D eigenvalue weighted by molar-refractivity contribution is 5.92. The molecule has 2 rings (SSSR count). The van der Waals surface area contributed by atoms with E-state index in [1.165, 1.54) is 25.3 Å². The van der Waals surface area contributed by atoms with Gasteiger partial charge in [0.2, 0.25) is 0 Å². The average molecular weight is 373 g/mol. The third-order valence-corrected chi connectivity index (χ3v) is 3.41. The molecule has 0 heterocycles. The first-order chi connectivity index (χ1) is 13.0. The van der Waals surface area contributed by atoms with E-state index < -0.39 is 25.1 Å². The molecule has 0 fully saturated rings. The molecule has 142 valence electrons. The van der Waals surface area contributed by atoms with E-state index in [9.17, 15) is 14.4 Å². The highest BCUT2D eigenvalue weighted by Crippen LogP contribution is 2.27. The van der Waals surface area contributed by atoms with Gasteiger partial charge in [0.25, 0.3) is 5.91 Å². The van der Waals surface area contributed by atoms with Crippen LogP contribution in [-0.4, -0.2) is 45.6 Å². The summed E-state index contributed by atoms with van der Waals surface area (Å²) in [5.41, 5.74) is 0.963. The van der Waals surface area contributed by atoms with Gasteiger partial charge in [0.1, 0.15) is 12.0 Å². The van der Waals surface area contributed by atoms with Gasteiger partial charge >= 0.3 is 5.97 Å². The van der Waals surface area contributed by atoms with Gasteiger partial charge in [0.15, 0.2) is 24.7 Å². The molecule has 0 bridgehead atoms. The molecule has 27 heavy (non-hydrogen) atoms. The molecule has 0 radical (unpaired) electrons. The molecule has 0 atom stereocenters. The van der Waals surface area contributed by atoms with Crippen molar-refractivity contribution >= 4 is 23.9 Å². The minimum atomic E-state index is -0.721. The Bertz CT molecular complexity index is 802. The molecule has 0 aliphatic heterocycles. The number of esters is 1. The van der Waals surface area contributed by atoms with E-state index in [-0.39, 0.29) is 5.75 Å². The lowest BCUT2D eigenvalue weighted by Gasteiger charge is -2.11. The van der Waals surface area contributed by atoms with Crippen LogP contribution in [0.2, 0.25) is 0 Å². The topological polar surface area (TPSA) is 100 Å². The van der Waals surface area contributed by atoms with Gasteiger partial charge in [-0.2, -0.15) is 0 Å².